The number of benzene rings is 1. The summed E-state index contributed by atoms with van der Waals surface area (Å²) in [4.78, 5) is 22.9. The van der Waals surface area contributed by atoms with Crippen molar-refractivity contribution in [3.63, 3.8) is 0 Å². The Morgan fingerprint density at radius 2 is 2.00 bits per heavy atom. The van der Waals surface area contributed by atoms with Crippen LogP contribution in [-0.4, -0.2) is 38.4 Å². The van der Waals surface area contributed by atoms with Gasteiger partial charge in [0.15, 0.2) is 0 Å². The molecule has 1 aromatic carbocycles. The predicted octanol–water partition coefficient (Wildman–Crippen LogP) is 5.43. The van der Waals surface area contributed by atoms with Crippen LogP contribution in [0.4, 0.5) is 5.13 Å². The van der Waals surface area contributed by atoms with Gasteiger partial charge in [-0.1, -0.05) is 61.2 Å². The first-order valence-corrected chi connectivity index (χ1v) is 12.8. The minimum absolute atomic E-state index is 0.117. The molecule has 4 aromatic rings. The van der Waals surface area contributed by atoms with Gasteiger partial charge in [-0.3, -0.25) is 10.1 Å². The molecule has 10 heteroatoms. The molecule has 1 unspecified atom stereocenters. The molecule has 0 aliphatic carbocycles. The van der Waals surface area contributed by atoms with Crippen LogP contribution in [0.5, 0.6) is 0 Å². The lowest BCUT2D eigenvalue weighted by Gasteiger charge is -2.14. The molecule has 1 amide bonds. The lowest BCUT2D eigenvalue weighted by Crippen LogP contribution is -2.24. The molecule has 1 N–H and O–H groups in total. The largest absolute Gasteiger partial charge is 0.377 e. The summed E-state index contributed by atoms with van der Waals surface area (Å²) in [5, 5.41) is 15.7. The fourth-order valence-electron chi connectivity index (χ4n) is 3.20. The van der Waals surface area contributed by atoms with Crippen LogP contribution in [0.2, 0.25) is 0 Å². The number of anilines is 1. The third kappa shape index (κ3) is 4.98. The van der Waals surface area contributed by atoms with Crippen LogP contribution in [0.1, 0.15) is 30.8 Å². The number of aryl methyl sites for hydroxylation is 1. The first-order valence-electron chi connectivity index (χ1n) is 10.2. The Balaban J connectivity index is 1.59. The number of methoxy groups -OCH3 is 1. The van der Waals surface area contributed by atoms with Gasteiger partial charge in [0, 0.05) is 18.1 Å². The monoisotopic (exact) mass is 485 g/mol. The Bertz CT molecular complexity index is 1210. The summed E-state index contributed by atoms with van der Waals surface area (Å²) in [6.45, 7) is 4.51. The van der Waals surface area contributed by atoms with E-state index in [-0.39, 0.29) is 11.2 Å². The number of thiophene rings is 1. The number of aromatic nitrogens is 4. The molecule has 0 saturated carbocycles. The summed E-state index contributed by atoms with van der Waals surface area (Å²) >= 11 is 4.37. The van der Waals surface area contributed by atoms with Crippen molar-refractivity contribution in [3.05, 3.63) is 46.5 Å². The summed E-state index contributed by atoms with van der Waals surface area (Å²) in [5.41, 5.74) is 3.52. The van der Waals surface area contributed by atoms with Crippen molar-refractivity contribution in [1.29, 1.82) is 0 Å². The Kier molecular flexibility index (Phi) is 7.46. The lowest BCUT2D eigenvalue weighted by atomic mass is 10.0. The number of nitrogens with zero attached hydrogens (tertiary/aromatic N) is 4. The fourth-order valence-corrected chi connectivity index (χ4v) is 5.93. The number of rotatable bonds is 9. The van der Waals surface area contributed by atoms with E-state index >= 15 is 0 Å². The summed E-state index contributed by atoms with van der Waals surface area (Å²) in [5.74, 6) is -0.117. The number of fused-ring (bicyclic) bond motifs is 1. The Morgan fingerprint density at radius 3 is 2.72 bits per heavy atom. The molecule has 0 aliphatic rings. The lowest BCUT2D eigenvalue weighted by molar-refractivity contribution is -0.115. The predicted molar refractivity (Wildman–Crippen MR) is 131 cm³/mol. The first kappa shape index (κ1) is 22.8. The minimum atomic E-state index is -0.321. The molecule has 32 heavy (non-hydrogen) atoms. The second-order valence-electron chi connectivity index (χ2n) is 7.00. The summed E-state index contributed by atoms with van der Waals surface area (Å²) < 4.78 is 5.07. The zero-order chi connectivity index (χ0) is 22.5. The topological polar surface area (TPSA) is 89.9 Å². The standard InChI is InChI=1S/C22H23N5O2S3/c1-4-13-6-8-14(9-7-13)15-11-30-20-18(15)21(24-12-23-20)31-16(5-2)19(28)25-22-27-26-17(32-22)10-29-3/h6-9,11-12,16H,4-5,10H2,1-3H3,(H,25,27,28). The molecule has 0 aliphatic heterocycles. The van der Waals surface area contributed by atoms with Crippen LogP contribution < -0.4 is 5.32 Å². The Hall–Kier alpha value is -2.40. The molecule has 4 rings (SSSR count). The molecule has 166 valence electrons. The molecule has 0 spiro atoms. The molecule has 0 fully saturated rings. The van der Waals surface area contributed by atoms with E-state index in [4.69, 9.17) is 4.74 Å². The van der Waals surface area contributed by atoms with Crippen molar-refractivity contribution in [2.75, 3.05) is 12.4 Å². The van der Waals surface area contributed by atoms with E-state index in [9.17, 15) is 4.79 Å². The quantitative estimate of drug-likeness (QED) is 0.250. The van der Waals surface area contributed by atoms with Crippen molar-refractivity contribution in [1.82, 2.24) is 20.2 Å². The molecule has 0 saturated heterocycles. The van der Waals surface area contributed by atoms with E-state index in [0.29, 0.717) is 18.2 Å². The van der Waals surface area contributed by atoms with E-state index in [1.54, 1.807) is 24.8 Å². The molecule has 0 radical (unpaired) electrons. The van der Waals surface area contributed by atoms with Gasteiger partial charge in [0.2, 0.25) is 11.0 Å². The maximum atomic E-state index is 12.9. The van der Waals surface area contributed by atoms with Crippen LogP contribution >= 0.6 is 34.4 Å². The highest BCUT2D eigenvalue weighted by atomic mass is 32.2. The molecule has 3 heterocycles. The average Bonchev–Trinajstić information content (AvgIpc) is 3.45. The van der Waals surface area contributed by atoms with E-state index in [1.165, 1.54) is 28.7 Å². The van der Waals surface area contributed by atoms with Crippen LogP contribution in [0.3, 0.4) is 0 Å². The van der Waals surface area contributed by atoms with Gasteiger partial charge in [0.1, 0.15) is 27.8 Å². The van der Waals surface area contributed by atoms with Crippen LogP contribution in [-0.2, 0) is 22.6 Å². The Labute approximate surface area is 198 Å². The van der Waals surface area contributed by atoms with Crippen LogP contribution in [0.25, 0.3) is 21.3 Å². The van der Waals surface area contributed by atoms with E-state index in [1.807, 2.05) is 6.92 Å². The maximum Gasteiger partial charge on any atom is 0.239 e. The SMILES string of the molecule is CCc1ccc(-c2csc3ncnc(SC(CC)C(=O)Nc4nnc(COC)s4)c23)cc1. The zero-order valence-corrected chi connectivity index (χ0v) is 20.4. The number of nitrogens with one attached hydrogen (secondary N) is 1. The van der Waals surface area contributed by atoms with Crippen LogP contribution in [0.15, 0.2) is 41.0 Å². The molecular weight excluding hydrogens is 462 g/mol. The van der Waals surface area contributed by atoms with Crippen LogP contribution in [0, 0.1) is 0 Å². The number of carbonyl (C=O) groups excluding carboxylic acids is 1. The van der Waals surface area contributed by atoms with Crippen molar-refractivity contribution >= 4 is 55.7 Å². The number of ether oxygens (including phenoxy) is 1. The van der Waals surface area contributed by atoms with Gasteiger partial charge < -0.3 is 4.74 Å². The second kappa shape index (κ2) is 10.5. The van der Waals surface area contributed by atoms with Gasteiger partial charge in [0.05, 0.1) is 10.6 Å². The molecular formula is C22H23N5O2S3. The highest BCUT2D eigenvalue weighted by molar-refractivity contribution is 8.00. The van der Waals surface area contributed by atoms with Crippen molar-refractivity contribution in [3.8, 4) is 11.1 Å². The highest BCUT2D eigenvalue weighted by Crippen LogP contribution is 2.39. The summed E-state index contributed by atoms with van der Waals surface area (Å²) in [6.07, 6.45) is 3.22. The highest BCUT2D eigenvalue weighted by Gasteiger charge is 2.23. The number of hydrogen-bond donors (Lipinski definition) is 1. The molecule has 7 nitrogen and oxygen atoms in total. The smallest absolute Gasteiger partial charge is 0.239 e. The maximum absolute atomic E-state index is 12.9. The zero-order valence-electron chi connectivity index (χ0n) is 18.0. The van der Waals surface area contributed by atoms with Gasteiger partial charge in [-0.15, -0.1) is 21.5 Å². The van der Waals surface area contributed by atoms with Gasteiger partial charge in [-0.25, -0.2) is 9.97 Å². The molecule has 0 bridgehead atoms. The second-order valence-corrected chi connectivity index (χ2v) is 10.1. The minimum Gasteiger partial charge on any atom is -0.377 e. The number of amides is 1. The fraction of sp³-hybridized carbons (Fsp3) is 0.318. The van der Waals surface area contributed by atoms with Crippen molar-refractivity contribution < 1.29 is 9.53 Å². The van der Waals surface area contributed by atoms with E-state index in [2.05, 4.69) is 62.1 Å². The van der Waals surface area contributed by atoms with Crippen molar-refractivity contribution in [2.24, 2.45) is 0 Å². The third-order valence-electron chi connectivity index (χ3n) is 4.89. The molecule has 3 aromatic heterocycles. The van der Waals surface area contributed by atoms with Crippen molar-refractivity contribution in [2.45, 2.75) is 43.6 Å². The van der Waals surface area contributed by atoms with Gasteiger partial charge in [-0.05, 0) is 24.0 Å². The average molecular weight is 486 g/mol. The number of carbonyl (C=O) groups is 1. The normalized spacial score (nSPS) is 12.2. The van der Waals surface area contributed by atoms with Gasteiger partial charge in [0.25, 0.3) is 0 Å². The first-order chi connectivity index (χ1) is 15.6. The van der Waals surface area contributed by atoms with Gasteiger partial charge in [-0.2, -0.15) is 0 Å². The van der Waals surface area contributed by atoms with E-state index < -0.39 is 0 Å². The Morgan fingerprint density at radius 1 is 1.19 bits per heavy atom. The number of hydrogen-bond acceptors (Lipinski definition) is 9. The van der Waals surface area contributed by atoms with Gasteiger partial charge >= 0.3 is 0 Å². The third-order valence-corrected chi connectivity index (χ3v) is 7.95. The van der Waals surface area contributed by atoms with E-state index in [0.717, 1.165) is 37.8 Å². The summed E-state index contributed by atoms with van der Waals surface area (Å²) in [6, 6.07) is 8.58. The molecule has 1 atom stereocenters. The summed E-state index contributed by atoms with van der Waals surface area (Å²) in [7, 11) is 1.60. The number of thioether (sulfide) groups is 1.